The Bertz CT molecular complexity index is 498. The van der Waals surface area contributed by atoms with Crippen LogP contribution in [0.5, 0.6) is 0 Å². The van der Waals surface area contributed by atoms with Gasteiger partial charge in [-0.15, -0.1) is 0 Å². The van der Waals surface area contributed by atoms with Gasteiger partial charge in [0, 0.05) is 11.8 Å². The van der Waals surface area contributed by atoms with Gasteiger partial charge in [0.2, 0.25) is 0 Å². The number of amides is 1. The quantitative estimate of drug-likeness (QED) is 0.659. The van der Waals surface area contributed by atoms with Crippen LogP contribution in [0.1, 0.15) is 44.1 Å². The lowest BCUT2D eigenvalue weighted by Crippen LogP contribution is -2.35. The van der Waals surface area contributed by atoms with E-state index in [9.17, 15) is 4.79 Å². The number of nitrogens with zero attached hydrogens (tertiary/aromatic N) is 2. The number of pyridine rings is 1. The fourth-order valence-corrected chi connectivity index (χ4v) is 2.51. The first-order valence-corrected chi connectivity index (χ1v) is 6.12. The summed E-state index contributed by atoms with van der Waals surface area (Å²) in [5, 5.41) is 0. The Hall–Kier alpha value is -1.84. The van der Waals surface area contributed by atoms with Crippen molar-refractivity contribution in [2.75, 3.05) is 0 Å². The van der Waals surface area contributed by atoms with Gasteiger partial charge < -0.3 is 4.74 Å². The second kappa shape index (κ2) is 3.57. The summed E-state index contributed by atoms with van der Waals surface area (Å²) in [6.45, 7) is 5.63. The van der Waals surface area contributed by atoms with Gasteiger partial charge in [0.05, 0.1) is 17.8 Å². The van der Waals surface area contributed by atoms with Crippen LogP contribution in [-0.2, 0) is 4.74 Å². The van der Waals surface area contributed by atoms with Crippen LogP contribution in [0.15, 0.2) is 30.5 Å². The van der Waals surface area contributed by atoms with E-state index in [0.29, 0.717) is 0 Å². The van der Waals surface area contributed by atoms with Crippen LogP contribution < -0.4 is 0 Å². The molecule has 0 radical (unpaired) electrons. The highest BCUT2D eigenvalue weighted by molar-refractivity contribution is 5.73. The molecule has 0 N–H and O–H groups in total. The standard InChI is InChI=1S/C14H16N2O2/c1-14(2,3)18-13(17)16-10-6-7-11(16)12-9(10)5-4-8-15-12/h4-8,10-11H,1-3H3/t10-,11+/m1/s1. The maximum Gasteiger partial charge on any atom is 0.411 e. The molecule has 4 nitrogen and oxygen atoms in total. The molecule has 0 spiro atoms. The monoisotopic (exact) mass is 244 g/mol. The normalized spacial score (nSPS) is 24.3. The molecule has 0 saturated carbocycles. The predicted octanol–water partition coefficient (Wildman–Crippen LogP) is 2.98. The van der Waals surface area contributed by atoms with Crippen LogP contribution in [0, 0.1) is 0 Å². The van der Waals surface area contributed by atoms with Crippen LogP contribution in [0.3, 0.4) is 0 Å². The molecule has 0 fully saturated rings. The molecule has 94 valence electrons. The molecule has 0 aromatic carbocycles. The van der Waals surface area contributed by atoms with E-state index in [-0.39, 0.29) is 18.2 Å². The smallest absolute Gasteiger partial charge is 0.411 e. The second-order valence-electron chi connectivity index (χ2n) is 5.64. The topological polar surface area (TPSA) is 42.4 Å². The molecule has 0 aliphatic carbocycles. The van der Waals surface area contributed by atoms with E-state index in [1.165, 1.54) is 0 Å². The lowest BCUT2D eigenvalue weighted by atomic mass is 10.0. The van der Waals surface area contributed by atoms with Gasteiger partial charge in [0.1, 0.15) is 5.60 Å². The minimum atomic E-state index is -0.473. The third-order valence-corrected chi connectivity index (χ3v) is 3.15. The molecule has 1 aromatic rings. The number of carbonyl (C=O) groups is 1. The van der Waals surface area contributed by atoms with E-state index < -0.39 is 5.60 Å². The fourth-order valence-electron chi connectivity index (χ4n) is 2.51. The number of hydrogen-bond acceptors (Lipinski definition) is 3. The number of ether oxygens (including phenoxy) is 1. The summed E-state index contributed by atoms with van der Waals surface area (Å²) >= 11 is 0. The van der Waals surface area contributed by atoms with Crippen LogP contribution in [0.25, 0.3) is 0 Å². The third kappa shape index (κ3) is 1.60. The largest absolute Gasteiger partial charge is 0.444 e. The summed E-state index contributed by atoms with van der Waals surface area (Å²) in [4.78, 5) is 18.3. The van der Waals surface area contributed by atoms with E-state index in [1.807, 2.05) is 45.1 Å². The molecule has 0 unspecified atom stereocenters. The van der Waals surface area contributed by atoms with Gasteiger partial charge in [-0.3, -0.25) is 9.88 Å². The molecule has 1 amide bonds. The van der Waals surface area contributed by atoms with Gasteiger partial charge in [-0.25, -0.2) is 4.79 Å². The fraction of sp³-hybridized carbons (Fsp3) is 0.429. The molecule has 3 rings (SSSR count). The molecular weight excluding hydrogens is 228 g/mol. The first kappa shape index (κ1) is 11.3. The maximum absolute atomic E-state index is 12.2. The van der Waals surface area contributed by atoms with Crippen molar-refractivity contribution in [2.24, 2.45) is 0 Å². The summed E-state index contributed by atoms with van der Waals surface area (Å²) in [5.74, 6) is 0. The Morgan fingerprint density at radius 3 is 2.72 bits per heavy atom. The molecular formula is C14H16N2O2. The van der Waals surface area contributed by atoms with Crippen LogP contribution in [-0.4, -0.2) is 21.6 Å². The van der Waals surface area contributed by atoms with Crippen molar-refractivity contribution in [2.45, 2.75) is 38.5 Å². The average Bonchev–Trinajstić information content (AvgIpc) is 2.83. The minimum Gasteiger partial charge on any atom is -0.444 e. The van der Waals surface area contributed by atoms with Crippen LogP contribution in [0.4, 0.5) is 4.79 Å². The molecule has 2 atom stereocenters. The Labute approximate surface area is 106 Å². The Balaban J connectivity index is 1.89. The number of rotatable bonds is 0. The summed E-state index contributed by atoms with van der Waals surface area (Å²) in [7, 11) is 0. The first-order valence-electron chi connectivity index (χ1n) is 6.12. The van der Waals surface area contributed by atoms with Gasteiger partial charge in [-0.2, -0.15) is 0 Å². The Morgan fingerprint density at radius 1 is 1.33 bits per heavy atom. The number of hydrogen-bond donors (Lipinski definition) is 0. The third-order valence-electron chi connectivity index (χ3n) is 3.15. The van der Waals surface area contributed by atoms with E-state index in [4.69, 9.17) is 4.74 Å². The maximum atomic E-state index is 12.2. The summed E-state index contributed by atoms with van der Waals surface area (Å²) in [6, 6.07) is 3.84. The van der Waals surface area contributed by atoms with Crippen molar-refractivity contribution in [1.82, 2.24) is 9.88 Å². The molecule has 3 heterocycles. The zero-order chi connectivity index (χ0) is 12.9. The van der Waals surface area contributed by atoms with Crippen LogP contribution in [0.2, 0.25) is 0 Å². The molecule has 2 aliphatic heterocycles. The summed E-state index contributed by atoms with van der Waals surface area (Å²) in [6.07, 6.45) is 5.55. The van der Waals surface area contributed by atoms with Crippen molar-refractivity contribution >= 4 is 6.09 Å². The highest BCUT2D eigenvalue weighted by Gasteiger charge is 2.45. The number of fused-ring (bicyclic) bond motifs is 5. The summed E-state index contributed by atoms with van der Waals surface area (Å²) in [5.41, 5.74) is 1.60. The van der Waals surface area contributed by atoms with Crippen molar-refractivity contribution in [1.29, 1.82) is 0 Å². The van der Waals surface area contributed by atoms with Crippen molar-refractivity contribution in [3.05, 3.63) is 41.7 Å². The van der Waals surface area contributed by atoms with Gasteiger partial charge in [-0.1, -0.05) is 18.2 Å². The molecule has 2 aliphatic rings. The van der Waals surface area contributed by atoms with E-state index in [2.05, 4.69) is 4.98 Å². The van der Waals surface area contributed by atoms with Crippen molar-refractivity contribution < 1.29 is 9.53 Å². The van der Waals surface area contributed by atoms with Gasteiger partial charge in [0.15, 0.2) is 0 Å². The van der Waals surface area contributed by atoms with Gasteiger partial charge in [-0.05, 0) is 26.8 Å². The van der Waals surface area contributed by atoms with Gasteiger partial charge in [0.25, 0.3) is 0 Å². The number of carbonyl (C=O) groups excluding carboxylic acids is 1. The lowest BCUT2D eigenvalue weighted by Gasteiger charge is -2.27. The molecule has 0 saturated heterocycles. The highest BCUT2D eigenvalue weighted by Crippen LogP contribution is 2.47. The van der Waals surface area contributed by atoms with Crippen molar-refractivity contribution in [3.8, 4) is 0 Å². The molecule has 2 bridgehead atoms. The zero-order valence-corrected chi connectivity index (χ0v) is 10.8. The Kier molecular flexibility index (Phi) is 2.24. The summed E-state index contributed by atoms with van der Waals surface area (Å²) < 4.78 is 5.45. The number of aromatic nitrogens is 1. The Morgan fingerprint density at radius 2 is 2.06 bits per heavy atom. The van der Waals surface area contributed by atoms with Crippen LogP contribution >= 0.6 is 0 Å². The minimum absolute atomic E-state index is 0.0199. The van der Waals surface area contributed by atoms with E-state index >= 15 is 0 Å². The van der Waals surface area contributed by atoms with E-state index in [1.54, 1.807) is 11.1 Å². The second-order valence-corrected chi connectivity index (χ2v) is 5.64. The van der Waals surface area contributed by atoms with Gasteiger partial charge >= 0.3 is 6.09 Å². The van der Waals surface area contributed by atoms with Crippen molar-refractivity contribution in [3.63, 3.8) is 0 Å². The average molecular weight is 244 g/mol. The lowest BCUT2D eigenvalue weighted by molar-refractivity contribution is 0.0195. The highest BCUT2D eigenvalue weighted by atomic mass is 16.6. The zero-order valence-electron chi connectivity index (χ0n) is 10.8. The van der Waals surface area contributed by atoms with E-state index in [0.717, 1.165) is 11.3 Å². The molecule has 1 aromatic heterocycles. The SMILES string of the molecule is CC(C)(C)OC(=O)N1[C@@H]2C=C[C@H]1c1ncccc12. The molecule has 4 heteroatoms. The first-order chi connectivity index (χ1) is 8.47. The predicted molar refractivity (Wildman–Crippen MR) is 66.9 cm³/mol. The molecule has 18 heavy (non-hydrogen) atoms.